The highest BCUT2D eigenvalue weighted by Crippen LogP contribution is 2.29. The molecule has 156 valence electrons. The number of piperazine rings is 1. The first kappa shape index (κ1) is 20.8. The van der Waals surface area contributed by atoms with Gasteiger partial charge in [0.15, 0.2) is 0 Å². The molecular weight excluding hydrogens is 352 g/mol. The van der Waals surface area contributed by atoms with Crippen molar-refractivity contribution in [1.29, 1.82) is 0 Å². The molecular formula is C22H36N4O2. The maximum absolute atomic E-state index is 11.8. The zero-order chi connectivity index (χ0) is 19.9. The lowest BCUT2D eigenvalue weighted by atomic mass is 9.84. The Morgan fingerprint density at radius 2 is 1.79 bits per heavy atom. The van der Waals surface area contributed by atoms with Gasteiger partial charge < -0.3 is 19.9 Å². The number of carbonyl (C=O) groups is 1. The maximum atomic E-state index is 11.8. The quantitative estimate of drug-likeness (QED) is 0.814. The first-order valence-corrected chi connectivity index (χ1v) is 10.6. The minimum atomic E-state index is 0.0383. The third-order valence-electron chi connectivity index (χ3n) is 6.23. The number of ether oxygens (including phenoxy) is 1. The summed E-state index contributed by atoms with van der Waals surface area (Å²) in [5.41, 5.74) is 1.21. The smallest absolute Gasteiger partial charge is 0.317 e. The van der Waals surface area contributed by atoms with E-state index < -0.39 is 0 Å². The lowest BCUT2D eigenvalue weighted by molar-refractivity contribution is 0.194. The average Bonchev–Trinajstić information content (AvgIpc) is 2.73. The topological polar surface area (TPSA) is 48.1 Å². The number of hydrogen-bond donors (Lipinski definition) is 1. The number of anilines is 1. The number of amides is 2. The van der Waals surface area contributed by atoms with Crippen LogP contribution in [0.15, 0.2) is 24.3 Å². The summed E-state index contributed by atoms with van der Waals surface area (Å²) >= 11 is 0. The van der Waals surface area contributed by atoms with Gasteiger partial charge >= 0.3 is 6.03 Å². The van der Waals surface area contributed by atoms with Gasteiger partial charge in [-0.3, -0.25) is 4.90 Å². The van der Waals surface area contributed by atoms with Gasteiger partial charge in [-0.2, -0.15) is 0 Å². The molecule has 0 aromatic heterocycles. The minimum absolute atomic E-state index is 0.0383. The van der Waals surface area contributed by atoms with Gasteiger partial charge in [0, 0.05) is 46.3 Å². The van der Waals surface area contributed by atoms with Gasteiger partial charge in [-0.1, -0.05) is 12.1 Å². The third-order valence-corrected chi connectivity index (χ3v) is 6.23. The number of nitrogens with zero attached hydrogens (tertiary/aromatic N) is 3. The van der Waals surface area contributed by atoms with Gasteiger partial charge in [0.25, 0.3) is 0 Å². The number of para-hydroxylation sites is 2. The number of methoxy groups -OCH3 is 1. The Morgan fingerprint density at radius 3 is 2.43 bits per heavy atom. The first-order chi connectivity index (χ1) is 13.6. The van der Waals surface area contributed by atoms with Crippen LogP contribution in [0, 0.1) is 5.92 Å². The summed E-state index contributed by atoms with van der Waals surface area (Å²) in [6.45, 7) is 5.55. The molecule has 0 unspecified atom stereocenters. The Balaban J connectivity index is 1.36. The van der Waals surface area contributed by atoms with Crippen LogP contribution in [0.3, 0.4) is 0 Å². The summed E-state index contributed by atoms with van der Waals surface area (Å²) in [7, 11) is 5.35. The molecule has 2 fully saturated rings. The third kappa shape index (κ3) is 5.53. The zero-order valence-electron chi connectivity index (χ0n) is 17.7. The predicted molar refractivity (Wildman–Crippen MR) is 114 cm³/mol. The van der Waals surface area contributed by atoms with Gasteiger partial charge in [0.05, 0.1) is 12.8 Å². The molecule has 1 aliphatic carbocycles. The summed E-state index contributed by atoms with van der Waals surface area (Å²) in [5.74, 6) is 1.77. The average molecular weight is 389 g/mol. The Morgan fingerprint density at radius 1 is 1.11 bits per heavy atom. The molecule has 1 heterocycles. The van der Waals surface area contributed by atoms with Gasteiger partial charge in [0.2, 0.25) is 0 Å². The van der Waals surface area contributed by atoms with Crippen LogP contribution in [-0.2, 0) is 0 Å². The van der Waals surface area contributed by atoms with E-state index in [0.29, 0.717) is 6.04 Å². The molecule has 6 heteroatoms. The number of urea groups is 1. The van der Waals surface area contributed by atoms with Crippen molar-refractivity contribution in [3.63, 3.8) is 0 Å². The molecule has 1 saturated carbocycles. The number of hydrogen-bond acceptors (Lipinski definition) is 4. The first-order valence-electron chi connectivity index (χ1n) is 10.6. The summed E-state index contributed by atoms with van der Waals surface area (Å²) < 4.78 is 5.51. The fourth-order valence-corrected chi connectivity index (χ4v) is 4.37. The van der Waals surface area contributed by atoms with E-state index >= 15 is 0 Å². The minimum Gasteiger partial charge on any atom is -0.495 e. The molecule has 0 atom stereocenters. The molecule has 1 aromatic rings. The number of rotatable bonds is 6. The van der Waals surface area contributed by atoms with Crippen LogP contribution in [0.4, 0.5) is 10.5 Å². The number of benzene rings is 1. The lowest BCUT2D eigenvalue weighted by Gasteiger charge is -2.37. The summed E-state index contributed by atoms with van der Waals surface area (Å²) in [6, 6.07) is 8.70. The van der Waals surface area contributed by atoms with E-state index in [-0.39, 0.29) is 6.03 Å². The number of nitrogens with one attached hydrogen (secondary N) is 1. The zero-order valence-corrected chi connectivity index (χ0v) is 17.7. The van der Waals surface area contributed by atoms with E-state index in [1.807, 2.05) is 12.1 Å². The van der Waals surface area contributed by atoms with Crippen molar-refractivity contribution in [1.82, 2.24) is 15.1 Å². The summed E-state index contributed by atoms with van der Waals surface area (Å²) in [5, 5.41) is 3.13. The second-order valence-corrected chi connectivity index (χ2v) is 8.35. The molecule has 1 N–H and O–H groups in total. The second-order valence-electron chi connectivity index (χ2n) is 8.35. The molecule has 2 amide bonds. The van der Waals surface area contributed by atoms with Crippen LogP contribution in [0.1, 0.15) is 32.1 Å². The molecule has 1 aromatic carbocycles. The van der Waals surface area contributed by atoms with Crippen molar-refractivity contribution in [3.05, 3.63) is 24.3 Å². The van der Waals surface area contributed by atoms with Crippen molar-refractivity contribution < 1.29 is 9.53 Å². The highest BCUT2D eigenvalue weighted by Gasteiger charge is 2.24. The molecule has 1 aliphatic heterocycles. The van der Waals surface area contributed by atoms with Crippen molar-refractivity contribution >= 4 is 11.7 Å². The number of carbonyl (C=O) groups excluding carboxylic acids is 1. The van der Waals surface area contributed by atoms with Crippen molar-refractivity contribution in [3.8, 4) is 5.75 Å². The SMILES string of the molecule is COc1ccccc1N1CCN(CCC2CCC(NC(=O)N(C)C)CC2)CC1. The predicted octanol–water partition coefficient (Wildman–Crippen LogP) is 3.04. The van der Waals surface area contributed by atoms with E-state index in [4.69, 9.17) is 4.74 Å². The van der Waals surface area contributed by atoms with E-state index in [1.54, 1.807) is 26.1 Å². The Labute approximate surface area is 169 Å². The van der Waals surface area contributed by atoms with Crippen LogP contribution < -0.4 is 15.0 Å². The van der Waals surface area contributed by atoms with E-state index in [2.05, 4.69) is 27.2 Å². The van der Waals surface area contributed by atoms with E-state index in [9.17, 15) is 4.79 Å². The largest absolute Gasteiger partial charge is 0.495 e. The van der Waals surface area contributed by atoms with Crippen molar-refractivity contribution in [2.75, 3.05) is 58.8 Å². The molecule has 1 saturated heterocycles. The van der Waals surface area contributed by atoms with Crippen LogP contribution in [0.2, 0.25) is 0 Å². The molecule has 2 aliphatic rings. The van der Waals surface area contributed by atoms with E-state index in [1.165, 1.54) is 31.5 Å². The molecule has 0 radical (unpaired) electrons. The fraction of sp³-hybridized carbons (Fsp3) is 0.682. The van der Waals surface area contributed by atoms with E-state index in [0.717, 1.165) is 50.7 Å². The van der Waals surface area contributed by atoms with Crippen molar-refractivity contribution in [2.45, 2.75) is 38.1 Å². The maximum Gasteiger partial charge on any atom is 0.317 e. The molecule has 3 rings (SSSR count). The molecule has 28 heavy (non-hydrogen) atoms. The Kier molecular flexibility index (Phi) is 7.43. The molecule has 0 spiro atoms. The standard InChI is InChI=1S/C22H36N4O2/c1-24(2)22(27)23-19-10-8-18(9-11-19)12-13-25-14-16-26(17-15-25)20-6-4-5-7-21(20)28-3/h4-7,18-19H,8-17H2,1-3H3,(H,23,27). The normalized spacial score (nSPS) is 23.3. The lowest BCUT2D eigenvalue weighted by Crippen LogP contribution is -2.47. The highest BCUT2D eigenvalue weighted by atomic mass is 16.5. The monoisotopic (exact) mass is 388 g/mol. The second kappa shape index (κ2) is 10.0. The van der Waals surface area contributed by atoms with Gasteiger partial charge in [-0.25, -0.2) is 4.79 Å². The Hall–Kier alpha value is -1.95. The van der Waals surface area contributed by atoms with Crippen LogP contribution in [0.5, 0.6) is 5.75 Å². The van der Waals surface area contributed by atoms with Gasteiger partial charge in [0.1, 0.15) is 5.75 Å². The van der Waals surface area contributed by atoms with Crippen LogP contribution in [0.25, 0.3) is 0 Å². The summed E-state index contributed by atoms with van der Waals surface area (Å²) in [6.07, 6.45) is 5.99. The van der Waals surface area contributed by atoms with Gasteiger partial charge in [-0.15, -0.1) is 0 Å². The van der Waals surface area contributed by atoms with Crippen LogP contribution in [-0.4, -0.2) is 75.8 Å². The Bertz CT molecular complexity index is 621. The fourth-order valence-electron chi connectivity index (χ4n) is 4.37. The van der Waals surface area contributed by atoms with Crippen LogP contribution >= 0.6 is 0 Å². The molecule has 0 bridgehead atoms. The van der Waals surface area contributed by atoms with Crippen molar-refractivity contribution in [2.24, 2.45) is 5.92 Å². The molecule has 6 nitrogen and oxygen atoms in total. The van der Waals surface area contributed by atoms with Gasteiger partial charge in [-0.05, 0) is 56.7 Å². The summed E-state index contributed by atoms with van der Waals surface area (Å²) in [4.78, 5) is 18.5. The highest BCUT2D eigenvalue weighted by molar-refractivity contribution is 5.73.